The van der Waals surface area contributed by atoms with Gasteiger partial charge in [0.2, 0.25) is 0 Å². The van der Waals surface area contributed by atoms with Gasteiger partial charge in [-0.1, -0.05) is 54.6 Å². The lowest BCUT2D eigenvalue weighted by atomic mass is 10.1. The summed E-state index contributed by atoms with van der Waals surface area (Å²) in [5.74, 6) is -0.793. The van der Waals surface area contributed by atoms with Crippen molar-refractivity contribution in [3.63, 3.8) is 0 Å². The predicted octanol–water partition coefficient (Wildman–Crippen LogP) is 4.27. The standard InChI is InChI=1S/C24H23N3O5/c1-17(32-22-15-9-8-14-21(22)27(30)31)23(28)25-20-13-7-6-12-19(20)24(29)26(2)16-18-10-4-3-5-11-18/h3-15,17H,16H2,1-2H3,(H,25,28)/t17-/m1/s1. The minimum atomic E-state index is -1.03. The van der Waals surface area contributed by atoms with Crippen LogP contribution in [0.5, 0.6) is 5.75 Å². The highest BCUT2D eigenvalue weighted by molar-refractivity contribution is 6.04. The molecule has 0 bridgehead atoms. The lowest BCUT2D eigenvalue weighted by molar-refractivity contribution is -0.386. The highest BCUT2D eigenvalue weighted by Crippen LogP contribution is 2.27. The molecule has 0 aliphatic heterocycles. The quantitative estimate of drug-likeness (QED) is 0.422. The summed E-state index contributed by atoms with van der Waals surface area (Å²) < 4.78 is 5.52. The molecule has 0 saturated carbocycles. The van der Waals surface area contributed by atoms with Crippen molar-refractivity contribution in [2.75, 3.05) is 12.4 Å². The highest BCUT2D eigenvalue weighted by Gasteiger charge is 2.23. The van der Waals surface area contributed by atoms with E-state index in [1.807, 2.05) is 30.3 Å². The Morgan fingerprint density at radius 1 is 1.00 bits per heavy atom. The fourth-order valence-electron chi connectivity index (χ4n) is 3.10. The first-order valence-corrected chi connectivity index (χ1v) is 9.96. The summed E-state index contributed by atoms with van der Waals surface area (Å²) in [6.45, 7) is 1.90. The predicted molar refractivity (Wildman–Crippen MR) is 120 cm³/mol. The summed E-state index contributed by atoms with van der Waals surface area (Å²) in [6, 6.07) is 22.1. The molecule has 0 aliphatic rings. The van der Waals surface area contributed by atoms with Gasteiger partial charge in [0.05, 0.1) is 16.2 Å². The van der Waals surface area contributed by atoms with Gasteiger partial charge >= 0.3 is 5.69 Å². The van der Waals surface area contributed by atoms with Gasteiger partial charge < -0.3 is 15.0 Å². The number of rotatable bonds is 8. The number of carbonyl (C=O) groups excluding carboxylic acids is 2. The van der Waals surface area contributed by atoms with Crippen LogP contribution in [0.2, 0.25) is 0 Å². The van der Waals surface area contributed by atoms with E-state index in [0.29, 0.717) is 17.8 Å². The van der Waals surface area contributed by atoms with Crippen molar-refractivity contribution in [2.24, 2.45) is 0 Å². The van der Waals surface area contributed by atoms with Crippen molar-refractivity contribution < 1.29 is 19.2 Å². The van der Waals surface area contributed by atoms with Crippen LogP contribution in [0.1, 0.15) is 22.8 Å². The zero-order valence-corrected chi connectivity index (χ0v) is 17.7. The van der Waals surface area contributed by atoms with Crippen molar-refractivity contribution >= 4 is 23.2 Å². The minimum absolute atomic E-state index is 0.00731. The van der Waals surface area contributed by atoms with Crippen molar-refractivity contribution in [1.82, 2.24) is 4.90 Å². The summed E-state index contributed by atoms with van der Waals surface area (Å²) in [6.07, 6.45) is -1.03. The molecule has 0 spiro atoms. The van der Waals surface area contributed by atoms with Crippen molar-refractivity contribution in [3.8, 4) is 5.75 Å². The van der Waals surface area contributed by atoms with Crippen LogP contribution in [0.25, 0.3) is 0 Å². The second-order valence-electron chi connectivity index (χ2n) is 7.17. The first kappa shape index (κ1) is 22.5. The molecule has 0 saturated heterocycles. The maximum atomic E-state index is 13.0. The average Bonchev–Trinajstić information content (AvgIpc) is 2.79. The van der Waals surface area contributed by atoms with Gasteiger partial charge in [0.1, 0.15) is 0 Å². The third-order valence-electron chi connectivity index (χ3n) is 4.76. The summed E-state index contributed by atoms with van der Waals surface area (Å²) in [5, 5.41) is 13.9. The average molecular weight is 433 g/mol. The highest BCUT2D eigenvalue weighted by atomic mass is 16.6. The van der Waals surface area contributed by atoms with Crippen molar-refractivity contribution in [1.29, 1.82) is 0 Å². The normalized spacial score (nSPS) is 11.3. The van der Waals surface area contributed by atoms with E-state index < -0.39 is 16.9 Å². The maximum absolute atomic E-state index is 13.0. The van der Waals surface area contributed by atoms with Crippen molar-refractivity contribution in [2.45, 2.75) is 19.6 Å². The van der Waals surface area contributed by atoms with Crippen LogP contribution in [-0.2, 0) is 11.3 Å². The van der Waals surface area contributed by atoms with Crippen LogP contribution in [-0.4, -0.2) is 34.8 Å². The fourth-order valence-corrected chi connectivity index (χ4v) is 3.10. The molecular weight excluding hydrogens is 410 g/mol. The largest absolute Gasteiger partial charge is 0.474 e. The van der Waals surface area contributed by atoms with E-state index in [2.05, 4.69) is 5.32 Å². The number of nitro groups is 1. The summed E-state index contributed by atoms with van der Waals surface area (Å²) >= 11 is 0. The number of nitrogens with one attached hydrogen (secondary N) is 1. The Bertz CT molecular complexity index is 1120. The van der Waals surface area contributed by atoms with Gasteiger partial charge in [0.15, 0.2) is 11.9 Å². The molecule has 0 aliphatic carbocycles. The monoisotopic (exact) mass is 433 g/mol. The first-order chi connectivity index (χ1) is 15.4. The summed E-state index contributed by atoms with van der Waals surface area (Å²) in [5.41, 5.74) is 1.42. The van der Waals surface area contributed by atoms with E-state index >= 15 is 0 Å². The second kappa shape index (κ2) is 10.2. The Kier molecular flexibility index (Phi) is 7.17. The van der Waals surface area contributed by atoms with Crippen molar-refractivity contribution in [3.05, 3.63) is 100 Å². The van der Waals surface area contributed by atoms with Gasteiger partial charge in [-0.25, -0.2) is 0 Å². The Hall–Kier alpha value is -4.20. The summed E-state index contributed by atoms with van der Waals surface area (Å²) in [4.78, 5) is 37.9. The van der Waals surface area contributed by atoms with Crippen LogP contribution < -0.4 is 10.1 Å². The first-order valence-electron chi connectivity index (χ1n) is 9.96. The number of nitro benzene ring substituents is 1. The number of para-hydroxylation sites is 3. The van der Waals surface area contributed by atoms with E-state index in [9.17, 15) is 19.7 Å². The Labute approximate surface area is 185 Å². The topological polar surface area (TPSA) is 102 Å². The number of hydrogen-bond donors (Lipinski definition) is 1. The number of amides is 2. The van der Waals surface area contributed by atoms with Gasteiger partial charge in [0, 0.05) is 19.7 Å². The van der Waals surface area contributed by atoms with Gasteiger partial charge in [0.25, 0.3) is 11.8 Å². The SMILES string of the molecule is C[C@@H](Oc1ccccc1[N+](=O)[O-])C(=O)Nc1ccccc1C(=O)N(C)Cc1ccccc1. The number of ether oxygens (including phenoxy) is 1. The number of nitrogens with zero attached hydrogens (tertiary/aromatic N) is 2. The Morgan fingerprint density at radius 2 is 1.62 bits per heavy atom. The molecule has 8 heteroatoms. The number of hydrogen-bond acceptors (Lipinski definition) is 5. The van der Waals surface area contributed by atoms with E-state index in [-0.39, 0.29) is 17.3 Å². The van der Waals surface area contributed by atoms with E-state index in [1.165, 1.54) is 25.1 Å². The molecule has 1 atom stereocenters. The molecule has 0 unspecified atom stereocenters. The fraction of sp³-hybridized carbons (Fsp3) is 0.167. The molecule has 0 aromatic heterocycles. The third kappa shape index (κ3) is 5.48. The van der Waals surface area contributed by atoms with E-state index in [4.69, 9.17) is 4.74 Å². The molecule has 0 fully saturated rings. The number of benzene rings is 3. The molecule has 3 aromatic rings. The molecule has 3 rings (SSSR count). The smallest absolute Gasteiger partial charge is 0.310 e. The Balaban J connectivity index is 1.72. The van der Waals surface area contributed by atoms with E-state index in [1.54, 1.807) is 42.3 Å². The van der Waals surface area contributed by atoms with Crippen LogP contribution in [0.4, 0.5) is 11.4 Å². The maximum Gasteiger partial charge on any atom is 0.310 e. The van der Waals surface area contributed by atoms with Crippen LogP contribution in [0.15, 0.2) is 78.9 Å². The number of carbonyl (C=O) groups is 2. The van der Waals surface area contributed by atoms with Gasteiger partial charge in [-0.05, 0) is 30.7 Å². The molecule has 8 nitrogen and oxygen atoms in total. The molecule has 1 N–H and O–H groups in total. The number of anilines is 1. The van der Waals surface area contributed by atoms with Crippen LogP contribution in [0.3, 0.4) is 0 Å². The lowest BCUT2D eigenvalue weighted by Crippen LogP contribution is -2.32. The van der Waals surface area contributed by atoms with Gasteiger partial charge in [-0.2, -0.15) is 0 Å². The third-order valence-corrected chi connectivity index (χ3v) is 4.76. The zero-order chi connectivity index (χ0) is 23.1. The minimum Gasteiger partial charge on any atom is -0.474 e. The van der Waals surface area contributed by atoms with Gasteiger partial charge in [-0.3, -0.25) is 19.7 Å². The Morgan fingerprint density at radius 3 is 2.34 bits per heavy atom. The zero-order valence-electron chi connectivity index (χ0n) is 17.7. The summed E-state index contributed by atoms with van der Waals surface area (Å²) in [7, 11) is 1.69. The molecule has 0 heterocycles. The molecule has 164 valence electrons. The molecule has 2 amide bonds. The molecular formula is C24H23N3O5. The van der Waals surface area contributed by atoms with Crippen LogP contribution in [0, 0.1) is 10.1 Å². The molecule has 32 heavy (non-hydrogen) atoms. The van der Waals surface area contributed by atoms with Gasteiger partial charge in [-0.15, -0.1) is 0 Å². The second-order valence-corrected chi connectivity index (χ2v) is 7.17. The lowest BCUT2D eigenvalue weighted by Gasteiger charge is -2.20. The van der Waals surface area contributed by atoms with E-state index in [0.717, 1.165) is 5.56 Å². The molecule has 3 aromatic carbocycles. The molecule has 0 radical (unpaired) electrons. The van der Waals surface area contributed by atoms with Crippen LogP contribution >= 0.6 is 0 Å².